The van der Waals surface area contributed by atoms with Gasteiger partial charge in [0, 0.05) is 13.1 Å². The van der Waals surface area contributed by atoms with Crippen LogP contribution in [0.25, 0.3) is 5.69 Å². The van der Waals surface area contributed by atoms with Gasteiger partial charge in [-0.05, 0) is 40.3 Å². The zero-order valence-corrected chi connectivity index (χ0v) is 15.7. The van der Waals surface area contributed by atoms with E-state index < -0.39 is 0 Å². The lowest BCUT2D eigenvalue weighted by Crippen LogP contribution is -2.41. The highest BCUT2D eigenvalue weighted by Gasteiger charge is 2.21. The fourth-order valence-corrected chi connectivity index (χ4v) is 3.14. The number of anilines is 1. The molecule has 1 saturated heterocycles. The van der Waals surface area contributed by atoms with Crippen LogP contribution in [0.2, 0.25) is 0 Å². The van der Waals surface area contributed by atoms with Gasteiger partial charge in [-0.1, -0.05) is 24.3 Å². The Morgan fingerprint density at radius 3 is 2.52 bits per heavy atom. The number of tetrazole rings is 1. The van der Waals surface area contributed by atoms with Crippen molar-refractivity contribution in [2.75, 3.05) is 31.6 Å². The molecule has 29 heavy (non-hydrogen) atoms. The second-order valence-corrected chi connectivity index (χ2v) is 6.60. The summed E-state index contributed by atoms with van der Waals surface area (Å²) in [7, 11) is 0. The van der Waals surface area contributed by atoms with Crippen molar-refractivity contribution in [3.63, 3.8) is 0 Å². The van der Waals surface area contributed by atoms with Crippen LogP contribution in [0.4, 0.5) is 5.69 Å². The predicted octanol–water partition coefficient (Wildman–Crippen LogP) is 1.32. The number of morpholine rings is 1. The summed E-state index contributed by atoms with van der Waals surface area (Å²) >= 11 is 0. The van der Waals surface area contributed by atoms with Crippen LogP contribution in [0.3, 0.4) is 0 Å². The average molecular weight is 392 g/mol. The molecule has 9 heteroatoms. The standard InChI is InChI=1S/C20H20N6O3/c27-19(13-15-5-7-16(8-6-15)26-14-21-23-24-26)22-18-4-2-1-3-17(18)20(28)25-9-11-29-12-10-25/h1-8,14H,9-13H2,(H,22,27). The Bertz CT molecular complexity index is 982. The van der Waals surface area contributed by atoms with E-state index in [1.807, 2.05) is 24.3 Å². The molecule has 2 amide bonds. The predicted molar refractivity (Wildman–Crippen MR) is 105 cm³/mol. The van der Waals surface area contributed by atoms with E-state index >= 15 is 0 Å². The highest BCUT2D eigenvalue weighted by molar-refractivity contribution is 6.04. The minimum Gasteiger partial charge on any atom is -0.378 e. The summed E-state index contributed by atoms with van der Waals surface area (Å²) in [5.41, 5.74) is 2.65. The van der Waals surface area contributed by atoms with E-state index in [2.05, 4.69) is 20.8 Å². The molecule has 0 radical (unpaired) electrons. The van der Waals surface area contributed by atoms with Crippen LogP contribution in [-0.2, 0) is 16.0 Å². The maximum absolute atomic E-state index is 12.8. The second-order valence-electron chi connectivity index (χ2n) is 6.60. The SMILES string of the molecule is O=C(Cc1ccc(-n2cnnn2)cc1)Nc1ccccc1C(=O)N1CCOCC1. The van der Waals surface area contributed by atoms with Crippen molar-refractivity contribution in [1.82, 2.24) is 25.1 Å². The Balaban J connectivity index is 1.43. The average Bonchev–Trinajstić information content (AvgIpc) is 3.30. The molecular weight excluding hydrogens is 372 g/mol. The third-order valence-electron chi connectivity index (χ3n) is 4.64. The lowest BCUT2D eigenvalue weighted by atomic mass is 10.1. The number of amides is 2. The topological polar surface area (TPSA) is 102 Å². The number of nitrogens with zero attached hydrogens (tertiary/aromatic N) is 5. The van der Waals surface area contributed by atoms with Crippen molar-refractivity contribution in [2.24, 2.45) is 0 Å². The van der Waals surface area contributed by atoms with E-state index in [9.17, 15) is 9.59 Å². The summed E-state index contributed by atoms with van der Waals surface area (Å²) < 4.78 is 6.84. The number of hydrogen-bond acceptors (Lipinski definition) is 6. The Kier molecular flexibility index (Phi) is 5.57. The van der Waals surface area contributed by atoms with Crippen LogP contribution in [-0.4, -0.2) is 63.2 Å². The molecule has 0 unspecified atom stereocenters. The van der Waals surface area contributed by atoms with Crippen molar-refractivity contribution in [2.45, 2.75) is 6.42 Å². The van der Waals surface area contributed by atoms with Crippen molar-refractivity contribution < 1.29 is 14.3 Å². The Morgan fingerprint density at radius 2 is 1.79 bits per heavy atom. The highest BCUT2D eigenvalue weighted by atomic mass is 16.5. The molecule has 0 saturated carbocycles. The first kappa shape index (κ1) is 18.8. The smallest absolute Gasteiger partial charge is 0.256 e. The van der Waals surface area contributed by atoms with Gasteiger partial charge in [-0.25, -0.2) is 4.68 Å². The maximum atomic E-state index is 12.8. The fourth-order valence-electron chi connectivity index (χ4n) is 3.14. The molecule has 0 atom stereocenters. The van der Waals surface area contributed by atoms with Gasteiger partial charge in [-0.15, -0.1) is 5.10 Å². The molecule has 148 valence electrons. The molecule has 1 aromatic heterocycles. The van der Waals surface area contributed by atoms with E-state index in [1.165, 1.54) is 11.0 Å². The van der Waals surface area contributed by atoms with E-state index in [4.69, 9.17) is 4.74 Å². The fraction of sp³-hybridized carbons (Fsp3) is 0.250. The van der Waals surface area contributed by atoms with E-state index in [-0.39, 0.29) is 18.2 Å². The first-order valence-corrected chi connectivity index (χ1v) is 9.29. The van der Waals surface area contributed by atoms with Gasteiger partial charge in [0.1, 0.15) is 6.33 Å². The monoisotopic (exact) mass is 392 g/mol. The molecule has 1 N–H and O–H groups in total. The number of para-hydroxylation sites is 1. The van der Waals surface area contributed by atoms with Crippen LogP contribution in [0.1, 0.15) is 15.9 Å². The van der Waals surface area contributed by atoms with E-state index in [0.29, 0.717) is 37.6 Å². The number of carbonyl (C=O) groups is 2. The molecule has 2 aromatic carbocycles. The van der Waals surface area contributed by atoms with Gasteiger partial charge in [0.25, 0.3) is 5.91 Å². The number of nitrogens with one attached hydrogen (secondary N) is 1. The van der Waals surface area contributed by atoms with Crippen LogP contribution >= 0.6 is 0 Å². The molecule has 1 aliphatic heterocycles. The molecule has 9 nitrogen and oxygen atoms in total. The third-order valence-corrected chi connectivity index (χ3v) is 4.64. The number of benzene rings is 2. The molecule has 1 aliphatic rings. The molecule has 4 rings (SSSR count). The molecule has 1 fully saturated rings. The van der Waals surface area contributed by atoms with Crippen molar-refractivity contribution in [3.8, 4) is 5.69 Å². The number of carbonyl (C=O) groups excluding carboxylic acids is 2. The van der Waals surface area contributed by atoms with Gasteiger partial charge in [0.05, 0.1) is 36.6 Å². The van der Waals surface area contributed by atoms with E-state index in [1.54, 1.807) is 29.2 Å². The number of rotatable bonds is 5. The van der Waals surface area contributed by atoms with Crippen molar-refractivity contribution >= 4 is 17.5 Å². The summed E-state index contributed by atoms with van der Waals surface area (Å²) in [4.78, 5) is 27.1. The molecular formula is C20H20N6O3. The summed E-state index contributed by atoms with van der Waals surface area (Å²) in [6.45, 7) is 2.16. The van der Waals surface area contributed by atoms with Crippen LogP contribution in [0.15, 0.2) is 54.9 Å². The van der Waals surface area contributed by atoms with Gasteiger partial charge >= 0.3 is 0 Å². The van der Waals surface area contributed by atoms with E-state index in [0.717, 1.165) is 11.3 Å². The summed E-state index contributed by atoms with van der Waals surface area (Å²) in [5.74, 6) is -0.294. The Labute approximate surface area is 167 Å². The van der Waals surface area contributed by atoms with Gasteiger partial charge < -0.3 is 15.0 Å². The molecule has 0 spiro atoms. The lowest BCUT2D eigenvalue weighted by Gasteiger charge is -2.27. The summed E-state index contributed by atoms with van der Waals surface area (Å²) in [6.07, 6.45) is 1.69. The van der Waals surface area contributed by atoms with Gasteiger partial charge in [0.15, 0.2) is 0 Å². The van der Waals surface area contributed by atoms with Crippen LogP contribution in [0, 0.1) is 0 Å². The van der Waals surface area contributed by atoms with Crippen LogP contribution in [0.5, 0.6) is 0 Å². The Hall–Kier alpha value is -3.59. The molecule has 0 aliphatic carbocycles. The minimum absolute atomic E-state index is 0.102. The minimum atomic E-state index is -0.192. The Morgan fingerprint density at radius 1 is 1.03 bits per heavy atom. The largest absolute Gasteiger partial charge is 0.378 e. The first-order chi connectivity index (χ1) is 14.2. The normalized spacial score (nSPS) is 13.9. The zero-order valence-electron chi connectivity index (χ0n) is 15.7. The number of hydrogen-bond donors (Lipinski definition) is 1. The first-order valence-electron chi connectivity index (χ1n) is 9.29. The molecule has 0 bridgehead atoms. The second kappa shape index (κ2) is 8.61. The number of ether oxygens (including phenoxy) is 1. The lowest BCUT2D eigenvalue weighted by molar-refractivity contribution is -0.115. The molecule has 2 heterocycles. The highest BCUT2D eigenvalue weighted by Crippen LogP contribution is 2.19. The van der Waals surface area contributed by atoms with Gasteiger partial charge in [-0.3, -0.25) is 9.59 Å². The maximum Gasteiger partial charge on any atom is 0.256 e. The van der Waals surface area contributed by atoms with Crippen molar-refractivity contribution in [3.05, 3.63) is 66.0 Å². The summed E-state index contributed by atoms with van der Waals surface area (Å²) in [5, 5.41) is 13.9. The molecule has 3 aromatic rings. The van der Waals surface area contributed by atoms with Crippen molar-refractivity contribution in [1.29, 1.82) is 0 Å². The summed E-state index contributed by atoms with van der Waals surface area (Å²) in [6, 6.07) is 14.4. The van der Waals surface area contributed by atoms with Gasteiger partial charge in [-0.2, -0.15) is 0 Å². The zero-order chi connectivity index (χ0) is 20.1. The quantitative estimate of drug-likeness (QED) is 0.703. The van der Waals surface area contributed by atoms with Crippen LogP contribution < -0.4 is 5.32 Å². The number of aromatic nitrogens is 4. The van der Waals surface area contributed by atoms with Gasteiger partial charge in [0.2, 0.25) is 5.91 Å². The third kappa shape index (κ3) is 4.46.